The van der Waals surface area contributed by atoms with Crippen LogP contribution >= 0.6 is 0 Å². The van der Waals surface area contributed by atoms with Crippen LogP contribution in [0.15, 0.2) is 47.1 Å². The van der Waals surface area contributed by atoms with Gasteiger partial charge in [-0.1, -0.05) is 23.1 Å². The van der Waals surface area contributed by atoms with E-state index in [0.29, 0.717) is 22.6 Å². The first-order chi connectivity index (χ1) is 14.6. The highest BCUT2D eigenvalue weighted by atomic mass is 19.1. The van der Waals surface area contributed by atoms with E-state index < -0.39 is 17.7 Å². The number of rotatable bonds is 3. The van der Waals surface area contributed by atoms with Crippen LogP contribution in [0.2, 0.25) is 0 Å². The zero-order valence-corrected chi connectivity index (χ0v) is 18.0. The fourth-order valence-corrected chi connectivity index (χ4v) is 2.48. The molecule has 160 valence electrons. The SMILES string of the molecule is CC(c1nc(-c2ccc(C#Cc3cccc(F)c3)cn2)no1)N(C)C(=O)OC(C)(C)C. The van der Waals surface area contributed by atoms with E-state index in [1.807, 2.05) is 0 Å². The van der Waals surface area contributed by atoms with E-state index in [0.717, 1.165) is 0 Å². The van der Waals surface area contributed by atoms with Crippen molar-refractivity contribution >= 4 is 6.09 Å². The number of hydrogen-bond acceptors (Lipinski definition) is 6. The van der Waals surface area contributed by atoms with Gasteiger partial charge in [0.05, 0.1) is 0 Å². The average Bonchev–Trinajstić information content (AvgIpc) is 3.20. The Balaban J connectivity index is 1.70. The van der Waals surface area contributed by atoms with Crippen LogP contribution < -0.4 is 0 Å². The molecule has 0 aliphatic heterocycles. The zero-order chi connectivity index (χ0) is 22.6. The molecule has 3 aromatic rings. The Morgan fingerprint density at radius 1 is 1.19 bits per heavy atom. The number of aromatic nitrogens is 3. The molecule has 1 unspecified atom stereocenters. The molecule has 1 aromatic carbocycles. The number of ether oxygens (including phenoxy) is 1. The quantitative estimate of drug-likeness (QED) is 0.574. The smallest absolute Gasteiger partial charge is 0.410 e. The molecule has 0 radical (unpaired) electrons. The number of halogens is 1. The Morgan fingerprint density at radius 3 is 2.58 bits per heavy atom. The molecule has 31 heavy (non-hydrogen) atoms. The van der Waals surface area contributed by atoms with Gasteiger partial charge in [-0.2, -0.15) is 4.98 Å². The molecule has 2 heterocycles. The number of benzene rings is 1. The van der Waals surface area contributed by atoms with Crippen LogP contribution in [0.5, 0.6) is 0 Å². The summed E-state index contributed by atoms with van der Waals surface area (Å²) >= 11 is 0. The minimum atomic E-state index is -0.603. The van der Waals surface area contributed by atoms with E-state index in [-0.39, 0.29) is 11.7 Å². The highest BCUT2D eigenvalue weighted by Gasteiger charge is 2.27. The number of pyridine rings is 1. The monoisotopic (exact) mass is 422 g/mol. The molecular weight excluding hydrogens is 399 g/mol. The first kappa shape index (κ1) is 22.0. The maximum atomic E-state index is 13.2. The van der Waals surface area contributed by atoms with Gasteiger partial charge in [0.25, 0.3) is 0 Å². The van der Waals surface area contributed by atoms with Crippen molar-refractivity contribution in [2.45, 2.75) is 39.3 Å². The molecule has 1 atom stereocenters. The average molecular weight is 422 g/mol. The van der Waals surface area contributed by atoms with Crippen molar-refractivity contribution < 1.29 is 18.4 Å². The van der Waals surface area contributed by atoms with Gasteiger partial charge < -0.3 is 9.26 Å². The van der Waals surface area contributed by atoms with E-state index in [1.54, 1.807) is 65.2 Å². The molecule has 3 rings (SSSR count). The summed E-state index contributed by atoms with van der Waals surface area (Å²) in [6, 6.07) is 9.07. The topological polar surface area (TPSA) is 81.4 Å². The summed E-state index contributed by atoms with van der Waals surface area (Å²) in [5, 5.41) is 3.95. The third-order valence-electron chi connectivity index (χ3n) is 4.23. The summed E-state index contributed by atoms with van der Waals surface area (Å²) < 4.78 is 23.9. The summed E-state index contributed by atoms with van der Waals surface area (Å²) in [7, 11) is 1.60. The summed E-state index contributed by atoms with van der Waals surface area (Å²) in [4.78, 5) is 22.3. The van der Waals surface area contributed by atoms with Gasteiger partial charge in [-0.25, -0.2) is 9.18 Å². The van der Waals surface area contributed by atoms with E-state index in [9.17, 15) is 9.18 Å². The Morgan fingerprint density at radius 2 is 1.94 bits per heavy atom. The number of carbonyl (C=O) groups is 1. The summed E-state index contributed by atoms with van der Waals surface area (Å²) in [6.07, 6.45) is 1.09. The molecule has 0 N–H and O–H groups in total. The van der Waals surface area contributed by atoms with E-state index in [2.05, 4.69) is 27.0 Å². The molecule has 0 aliphatic rings. The highest BCUT2D eigenvalue weighted by Crippen LogP contribution is 2.22. The number of hydrogen-bond donors (Lipinski definition) is 0. The van der Waals surface area contributed by atoms with Crippen LogP contribution in [0.4, 0.5) is 9.18 Å². The third-order valence-corrected chi connectivity index (χ3v) is 4.23. The lowest BCUT2D eigenvalue weighted by Gasteiger charge is -2.26. The third kappa shape index (κ3) is 5.89. The van der Waals surface area contributed by atoms with Crippen molar-refractivity contribution in [3.63, 3.8) is 0 Å². The maximum Gasteiger partial charge on any atom is 0.410 e. The van der Waals surface area contributed by atoms with Gasteiger partial charge in [0.1, 0.15) is 23.2 Å². The van der Waals surface area contributed by atoms with Crippen molar-refractivity contribution in [2.24, 2.45) is 0 Å². The molecule has 0 saturated carbocycles. The second-order valence-corrected chi connectivity index (χ2v) is 7.92. The van der Waals surface area contributed by atoms with Gasteiger partial charge in [0.2, 0.25) is 11.7 Å². The lowest BCUT2D eigenvalue weighted by Crippen LogP contribution is -2.35. The van der Waals surface area contributed by atoms with Crippen molar-refractivity contribution in [2.75, 3.05) is 7.05 Å². The van der Waals surface area contributed by atoms with Crippen LogP contribution in [0.3, 0.4) is 0 Å². The maximum absolute atomic E-state index is 13.2. The van der Waals surface area contributed by atoms with Crippen molar-refractivity contribution in [3.05, 3.63) is 65.4 Å². The van der Waals surface area contributed by atoms with Crippen LogP contribution in [0.25, 0.3) is 11.5 Å². The zero-order valence-electron chi connectivity index (χ0n) is 18.0. The van der Waals surface area contributed by atoms with Gasteiger partial charge >= 0.3 is 6.09 Å². The predicted octanol–water partition coefficient (Wildman–Crippen LogP) is 4.60. The summed E-state index contributed by atoms with van der Waals surface area (Å²) in [5.74, 6) is 6.05. The van der Waals surface area contributed by atoms with Crippen molar-refractivity contribution in [1.29, 1.82) is 0 Å². The largest absolute Gasteiger partial charge is 0.444 e. The van der Waals surface area contributed by atoms with Crippen molar-refractivity contribution in [1.82, 2.24) is 20.0 Å². The first-order valence-corrected chi connectivity index (χ1v) is 9.66. The molecule has 0 saturated heterocycles. The number of amides is 1. The Kier molecular flexibility index (Phi) is 6.35. The van der Waals surface area contributed by atoms with Gasteiger partial charge in [0, 0.05) is 24.4 Å². The second kappa shape index (κ2) is 8.96. The Labute approximate surface area is 180 Å². The lowest BCUT2D eigenvalue weighted by molar-refractivity contribution is 0.0208. The molecule has 1 amide bonds. The van der Waals surface area contributed by atoms with Crippen LogP contribution in [-0.2, 0) is 4.74 Å². The second-order valence-electron chi connectivity index (χ2n) is 7.92. The molecule has 2 aromatic heterocycles. The Hall–Kier alpha value is -3.73. The molecule has 0 fully saturated rings. The summed E-state index contributed by atoms with van der Waals surface area (Å²) in [6.45, 7) is 7.16. The molecule has 7 nitrogen and oxygen atoms in total. The summed E-state index contributed by atoms with van der Waals surface area (Å²) in [5.41, 5.74) is 1.14. The number of carbonyl (C=O) groups excluding carboxylic acids is 1. The van der Waals surface area contributed by atoms with E-state index in [4.69, 9.17) is 9.26 Å². The fourth-order valence-electron chi connectivity index (χ4n) is 2.48. The van der Waals surface area contributed by atoms with Gasteiger partial charge in [-0.05, 0) is 58.0 Å². The van der Waals surface area contributed by atoms with E-state index >= 15 is 0 Å². The molecule has 0 aliphatic carbocycles. The minimum absolute atomic E-state index is 0.264. The standard InChI is InChI=1S/C23H23FN4O3/c1-15(28(5)22(29)30-23(2,3)4)21-26-20(27-31-21)19-12-11-17(14-25-19)10-9-16-7-6-8-18(24)13-16/h6-8,11-15H,1-5H3. The Bertz CT molecular complexity index is 1120. The molecular formula is C23H23FN4O3. The van der Waals surface area contributed by atoms with Gasteiger partial charge in [-0.15, -0.1) is 0 Å². The normalized spacial score (nSPS) is 11.9. The first-order valence-electron chi connectivity index (χ1n) is 9.66. The molecule has 0 spiro atoms. The molecule has 8 heteroatoms. The lowest BCUT2D eigenvalue weighted by atomic mass is 10.2. The van der Waals surface area contributed by atoms with E-state index in [1.165, 1.54) is 17.0 Å². The predicted molar refractivity (Wildman–Crippen MR) is 112 cm³/mol. The highest BCUT2D eigenvalue weighted by molar-refractivity contribution is 5.68. The van der Waals surface area contributed by atoms with Gasteiger partial charge in [-0.3, -0.25) is 9.88 Å². The van der Waals surface area contributed by atoms with Crippen LogP contribution in [0, 0.1) is 17.7 Å². The fraction of sp³-hybridized carbons (Fsp3) is 0.304. The molecule has 0 bridgehead atoms. The van der Waals surface area contributed by atoms with Gasteiger partial charge in [0.15, 0.2) is 0 Å². The van der Waals surface area contributed by atoms with Crippen LogP contribution in [0.1, 0.15) is 50.8 Å². The van der Waals surface area contributed by atoms with Crippen LogP contribution in [-0.4, -0.2) is 38.8 Å². The van der Waals surface area contributed by atoms with Crippen molar-refractivity contribution in [3.8, 4) is 23.4 Å². The minimum Gasteiger partial charge on any atom is -0.444 e. The number of nitrogens with zero attached hydrogens (tertiary/aromatic N) is 4.